The first-order valence-corrected chi connectivity index (χ1v) is 7.66. The molecule has 1 aromatic carbocycles. The van der Waals surface area contributed by atoms with Crippen LogP contribution in [0.15, 0.2) is 36.5 Å². The molecule has 22 heavy (non-hydrogen) atoms. The number of rotatable bonds is 3. The standard InChI is InChI=1S/C17H19N3O2/c21-17(22)14-12-18-15(13-8-4-3-5-9-13)19-16(14)20-10-6-1-2-7-11-20/h3-5,8-9,12H,1-2,6-7,10-11H2,(H,21,22). The van der Waals surface area contributed by atoms with Crippen molar-refractivity contribution in [3.05, 3.63) is 42.1 Å². The van der Waals surface area contributed by atoms with Gasteiger partial charge in [-0.3, -0.25) is 0 Å². The van der Waals surface area contributed by atoms with Crippen LogP contribution < -0.4 is 4.90 Å². The van der Waals surface area contributed by atoms with E-state index in [1.54, 1.807) is 0 Å². The van der Waals surface area contributed by atoms with E-state index in [4.69, 9.17) is 0 Å². The highest BCUT2D eigenvalue weighted by molar-refractivity contribution is 5.93. The van der Waals surface area contributed by atoms with Gasteiger partial charge in [-0.15, -0.1) is 0 Å². The maximum atomic E-state index is 11.5. The fourth-order valence-corrected chi connectivity index (χ4v) is 2.77. The van der Waals surface area contributed by atoms with E-state index in [1.807, 2.05) is 30.3 Å². The Morgan fingerprint density at radius 1 is 1.05 bits per heavy atom. The monoisotopic (exact) mass is 297 g/mol. The van der Waals surface area contributed by atoms with Crippen LogP contribution >= 0.6 is 0 Å². The first kappa shape index (κ1) is 14.5. The molecule has 0 amide bonds. The lowest BCUT2D eigenvalue weighted by Crippen LogP contribution is -2.27. The molecule has 0 unspecified atom stereocenters. The summed E-state index contributed by atoms with van der Waals surface area (Å²) in [5, 5.41) is 9.42. The summed E-state index contributed by atoms with van der Waals surface area (Å²) in [4.78, 5) is 22.4. The molecular weight excluding hydrogens is 278 g/mol. The normalized spacial score (nSPS) is 15.4. The summed E-state index contributed by atoms with van der Waals surface area (Å²) >= 11 is 0. The van der Waals surface area contributed by atoms with Gasteiger partial charge in [0.05, 0.1) is 0 Å². The van der Waals surface area contributed by atoms with Crippen molar-refractivity contribution in [3.63, 3.8) is 0 Å². The molecule has 0 spiro atoms. The van der Waals surface area contributed by atoms with Gasteiger partial charge in [-0.25, -0.2) is 14.8 Å². The third-order valence-corrected chi connectivity index (χ3v) is 3.94. The molecule has 0 bridgehead atoms. The van der Waals surface area contributed by atoms with Crippen molar-refractivity contribution in [2.24, 2.45) is 0 Å². The number of anilines is 1. The van der Waals surface area contributed by atoms with E-state index < -0.39 is 5.97 Å². The Hall–Kier alpha value is -2.43. The number of aromatic carboxylic acids is 1. The molecule has 2 heterocycles. The summed E-state index contributed by atoms with van der Waals surface area (Å²) in [7, 11) is 0. The van der Waals surface area contributed by atoms with Crippen LogP contribution in [0.3, 0.4) is 0 Å². The minimum absolute atomic E-state index is 0.182. The number of carbonyl (C=O) groups is 1. The smallest absolute Gasteiger partial charge is 0.341 e. The second-order valence-electron chi connectivity index (χ2n) is 5.50. The van der Waals surface area contributed by atoms with Gasteiger partial charge in [-0.2, -0.15) is 0 Å². The van der Waals surface area contributed by atoms with Crippen LogP contribution in [0.4, 0.5) is 5.82 Å². The van der Waals surface area contributed by atoms with Crippen molar-refractivity contribution in [1.29, 1.82) is 0 Å². The molecule has 0 atom stereocenters. The minimum Gasteiger partial charge on any atom is -0.477 e. The summed E-state index contributed by atoms with van der Waals surface area (Å²) in [6, 6.07) is 9.65. The number of carboxylic acids is 1. The summed E-state index contributed by atoms with van der Waals surface area (Å²) in [5.41, 5.74) is 1.08. The van der Waals surface area contributed by atoms with E-state index in [0.717, 1.165) is 31.5 Å². The lowest BCUT2D eigenvalue weighted by atomic mass is 10.2. The zero-order valence-corrected chi connectivity index (χ0v) is 12.4. The second kappa shape index (κ2) is 6.56. The van der Waals surface area contributed by atoms with Crippen molar-refractivity contribution in [2.45, 2.75) is 25.7 Å². The van der Waals surface area contributed by atoms with Gasteiger partial charge in [-0.1, -0.05) is 43.2 Å². The number of nitrogens with zero attached hydrogens (tertiary/aromatic N) is 3. The van der Waals surface area contributed by atoms with E-state index in [2.05, 4.69) is 14.9 Å². The summed E-state index contributed by atoms with van der Waals surface area (Å²) in [6.45, 7) is 1.71. The predicted molar refractivity (Wildman–Crippen MR) is 85.1 cm³/mol. The van der Waals surface area contributed by atoms with Gasteiger partial charge in [0.15, 0.2) is 5.82 Å². The molecule has 1 saturated heterocycles. The molecule has 1 fully saturated rings. The van der Waals surface area contributed by atoms with Gasteiger partial charge in [0.25, 0.3) is 0 Å². The van der Waals surface area contributed by atoms with E-state index in [0.29, 0.717) is 11.6 Å². The Morgan fingerprint density at radius 3 is 2.36 bits per heavy atom. The topological polar surface area (TPSA) is 66.3 Å². The Bertz CT molecular complexity index is 650. The van der Waals surface area contributed by atoms with E-state index in [1.165, 1.54) is 19.0 Å². The zero-order chi connectivity index (χ0) is 15.4. The second-order valence-corrected chi connectivity index (χ2v) is 5.50. The highest BCUT2D eigenvalue weighted by Crippen LogP contribution is 2.24. The first-order valence-electron chi connectivity index (χ1n) is 7.66. The number of carboxylic acid groups (broad SMARTS) is 1. The molecule has 5 nitrogen and oxygen atoms in total. The maximum absolute atomic E-state index is 11.5. The molecule has 2 aromatic rings. The van der Waals surface area contributed by atoms with Crippen LogP contribution in [0.25, 0.3) is 11.4 Å². The lowest BCUT2D eigenvalue weighted by molar-refractivity contribution is 0.0696. The quantitative estimate of drug-likeness (QED) is 0.942. The number of hydrogen-bond donors (Lipinski definition) is 1. The molecule has 0 radical (unpaired) electrons. The van der Waals surface area contributed by atoms with Gasteiger partial charge >= 0.3 is 5.97 Å². The zero-order valence-electron chi connectivity index (χ0n) is 12.4. The number of aromatic nitrogens is 2. The first-order chi connectivity index (χ1) is 10.8. The number of benzene rings is 1. The van der Waals surface area contributed by atoms with Gasteiger partial charge in [0.1, 0.15) is 11.4 Å². The lowest BCUT2D eigenvalue weighted by Gasteiger charge is -2.23. The van der Waals surface area contributed by atoms with Crippen LogP contribution in [0.2, 0.25) is 0 Å². The van der Waals surface area contributed by atoms with Gasteiger partial charge < -0.3 is 10.0 Å². The van der Waals surface area contributed by atoms with Crippen molar-refractivity contribution in [1.82, 2.24) is 9.97 Å². The van der Waals surface area contributed by atoms with E-state index in [-0.39, 0.29) is 5.56 Å². The molecule has 1 aliphatic heterocycles. The third kappa shape index (κ3) is 3.08. The maximum Gasteiger partial charge on any atom is 0.341 e. The molecule has 1 N–H and O–H groups in total. The van der Waals surface area contributed by atoms with Crippen molar-refractivity contribution in [2.75, 3.05) is 18.0 Å². The fourth-order valence-electron chi connectivity index (χ4n) is 2.77. The summed E-state index contributed by atoms with van der Waals surface area (Å²) in [6.07, 6.45) is 5.95. The van der Waals surface area contributed by atoms with Crippen LogP contribution in [0.5, 0.6) is 0 Å². The Morgan fingerprint density at radius 2 is 1.73 bits per heavy atom. The van der Waals surface area contributed by atoms with Gasteiger partial charge in [0, 0.05) is 24.8 Å². The molecular formula is C17H19N3O2. The van der Waals surface area contributed by atoms with Gasteiger partial charge in [0.2, 0.25) is 0 Å². The fraction of sp³-hybridized carbons (Fsp3) is 0.353. The van der Waals surface area contributed by atoms with E-state index in [9.17, 15) is 9.90 Å². The van der Waals surface area contributed by atoms with Crippen LogP contribution in [0.1, 0.15) is 36.0 Å². The van der Waals surface area contributed by atoms with Crippen LogP contribution in [-0.2, 0) is 0 Å². The molecule has 1 aromatic heterocycles. The third-order valence-electron chi connectivity index (χ3n) is 3.94. The molecule has 114 valence electrons. The summed E-state index contributed by atoms with van der Waals surface area (Å²) < 4.78 is 0. The highest BCUT2D eigenvalue weighted by atomic mass is 16.4. The SMILES string of the molecule is O=C(O)c1cnc(-c2ccccc2)nc1N1CCCCCC1. The Kier molecular flexibility index (Phi) is 4.32. The minimum atomic E-state index is -0.973. The molecule has 1 aliphatic rings. The molecule has 0 aliphatic carbocycles. The van der Waals surface area contributed by atoms with Crippen LogP contribution in [-0.4, -0.2) is 34.1 Å². The van der Waals surface area contributed by atoms with Gasteiger partial charge in [-0.05, 0) is 12.8 Å². The molecule has 5 heteroatoms. The predicted octanol–water partition coefficient (Wildman–Crippen LogP) is 3.22. The van der Waals surface area contributed by atoms with E-state index >= 15 is 0 Å². The average Bonchev–Trinajstić information content (AvgIpc) is 2.84. The molecule has 3 rings (SSSR count). The summed E-state index contributed by atoms with van der Waals surface area (Å²) in [5.74, 6) is 0.145. The molecule has 0 saturated carbocycles. The number of hydrogen-bond acceptors (Lipinski definition) is 4. The average molecular weight is 297 g/mol. The van der Waals surface area contributed by atoms with Crippen molar-refractivity contribution in [3.8, 4) is 11.4 Å². The Labute approximate surface area is 129 Å². The highest BCUT2D eigenvalue weighted by Gasteiger charge is 2.20. The Balaban J connectivity index is 2.02. The van der Waals surface area contributed by atoms with Crippen molar-refractivity contribution >= 4 is 11.8 Å². The van der Waals surface area contributed by atoms with Crippen molar-refractivity contribution < 1.29 is 9.90 Å². The largest absolute Gasteiger partial charge is 0.477 e. The van der Waals surface area contributed by atoms with Crippen LogP contribution in [0, 0.1) is 0 Å².